The lowest BCUT2D eigenvalue weighted by atomic mass is 10.1. The first kappa shape index (κ1) is 27.3. The number of nitrogens with zero attached hydrogens (tertiary/aromatic N) is 7. The molecule has 49 heavy (non-hydrogen) atoms. The SMILES string of the molecule is c1ccc(-c2nc(-c3ccccc3)n(-c3ccc4c(c3)c3ccccc3n4-c3cccc(-n4c5ncccc5c5cccnc54)c3)n2)cc1. The van der Waals surface area contributed by atoms with Crippen molar-refractivity contribution < 1.29 is 0 Å². The lowest BCUT2D eigenvalue weighted by molar-refractivity contribution is 0.892. The quantitative estimate of drug-likeness (QED) is 0.190. The number of hydrogen-bond acceptors (Lipinski definition) is 4. The van der Waals surface area contributed by atoms with E-state index in [9.17, 15) is 0 Å². The highest BCUT2D eigenvalue weighted by Crippen LogP contribution is 2.36. The number of benzene rings is 5. The maximum Gasteiger partial charge on any atom is 0.182 e. The molecule has 5 aromatic carbocycles. The van der Waals surface area contributed by atoms with Crippen LogP contribution in [-0.2, 0) is 0 Å². The molecule has 0 saturated carbocycles. The number of rotatable bonds is 5. The second-order valence-corrected chi connectivity index (χ2v) is 12.1. The van der Waals surface area contributed by atoms with E-state index in [1.54, 1.807) is 0 Å². The Labute approximate surface area is 281 Å². The van der Waals surface area contributed by atoms with Gasteiger partial charge >= 0.3 is 0 Å². The molecule has 0 unspecified atom stereocenters. The van der Waals surface area contributed by atoms with Gasteiger partial charge in [0.25, 0.3) is 0 Å². The van der Waals surface area contributed by atoms with Gasteiger partial charge in [0.15, 0.2) is 11.6 Å². The van der Waals surface area contributed by atoms with Crippen molar-refractivity contribution in [3.8, 4) is 39.8 Å². The fourth-order valence-corrected chi connectivity index (χ4v) is 7.03. The van der Waals surface area contributed by atoms with Gasteiger partial charge in [-0.05, 0) is 66.7 Å². The third kappa shape index (κ3) is 4.29. The van der Waals surface area contributed by atoms with Crippen LogP contribution in [0.5, 0.6) is 0 Å². The van der Waals surface area contributed by atoms with E-state index in [2.05, 4.69) is 100 Å². The van der Waals surface area contributed by atoms with E-state index in [4.69, 9.17) is 20.1 Å². The zero-order valence-corrected chi connectivity index (χ0v) is 26.2. The summed E-state index contributed by atoms with van der Waals surface area (Å²) in [7, 11) is 0. The first-order valence-electron chi connectivity index (χ1n) is 16.2. The topological polar surface area (TPSA) is 66.3 Å². The fourth-order valence-electron chi connectivity index (χ4n) is 7.03. The largest absolute Gasteiger partial charge is 0.309 e. The van der Waals surface area contributed by atoms with Crippen molar-refractivity contribution in [2.45, 2.75) is 0 Å². The van der Waals surface area contributed by atoms with Gasteiger partial charge in [0.1, 0.15) is 11.3 Å². The van der Waals surface area contributed by atoms with Gasteiger partial charge < -0.3 is 4.57 Å². The van der Waals surface area contributed by atoms with E-state index < -0.39 is 0 Å². The highest BCUT2D eigenvalue weighted by molar-refractivity contribution is 6.10. The van der Waals surface area contributed by atoms with Crippen molar-refractivity contribution in [3.05, 3.63) is 164 Å². The summed E-state index contributed by atoms with van der Waals surface area (Å²) < 4.78 is 6.45. The van der Waals surface area contributed by atoms with Crippen molar-refractivity contribution in [2.75, 3.05) is 0 Å². The molecule has 7 nitrogen and oxygen atoms in total. The molecule has 5 aromatic heterocycles. The Hall–Kier alpha value is -6.86. The fraction of sp³-hybridized carbons (Fsp3) is 0. The summed E-state index contributed by atoms with van der Waals surface area (Å²) in [6.45, 7) is 0. The lowest BCUT2D eigenvalue weighted by Crippen LogP contribution is -2.01. The third-order valence-corrected chi connectivity index (χ3v) is 9.21. The first-order chi connectivity index (χ1) is 24.3. The molecule has 10 aromatic rings. The first-order valence-corrected chi connectivity index (χ1v) is 16.2. The number of para-hydroxylation sites is 1. The molecule has 230 valence electrons. The van der Waals surface area contributed by atoms with E-state index in [0.29, 0.717) is 5.82 Å². The molecule has 0 radical (unpaired) electrons. The summed E-state index contributed by atoms with van der Waals surface area (Å²) in [4.78, 5) is 14.6. The second-order valence-electron chi connectivity index (χ2n) is 12.1. The molecule has 10 rings (SSSR count). The van der Waals surface area contributed by atoms with Crippen molar-refractivity contribution in [1.82, 2.24) is 33.9 Å². The highest BCUT2D eigenvalue weighted by atomic mass is 15.4. The van der Waals surface area contributed by atoms with Gasteiger partial charge in [0.05, 0.1) is 22.4 Å². The Morgan fingerprint density at radius 1 is 0.408 bits per heavy atom. The molecular weight excluding hydrogens is 603 g/mol. The van der Waals surface area contributed by atoms with Gasteiger partial charge in [0, 0.05) is 50.8 Å². The number of hydrogen-bond donors (Lipinski definition) is 0. The Bertz CT molecular complexity index is 2770. The smallest absolute Gasteiger partial charge is 0.182 e. The lowest BCUT2D eigenvalue weighted by Gasteiger charge is -2.12. The van der Waals surface area contributed by atoms with Crippen molar-refractivity contribution in [3.63, 3.8) is 0 Å². The molecule has 0 fully saturated rings. The van der Waals surface area contributed by atoms with Gasteiger partial charge in [-0.1, -0.05) is 84.9 Å². The number of pyridine rings is 2. The van der Waals surface area contributed by atoms with E-state index in [0.717, 1.165) is 77.9 Å². The zero-order chi connectivity index (χ0) is 32.3. The molecule has 0 saturated heterocycles. The van der Waals surface area contributed by atoms with Crippen LogP contribution in [0.1, 0.15) is 0 Å². The van der Waals surface area contributed by atoms with Crippen LogP contribution in [0.2, 0.25) is 0 Å². The summed E-state index contributed by atoms with van der Waals surface area (Å²) in [5.41, 5.74) is 8.98. The minimum atomic E-state index is 0.688. The van der Waals surface area contributed by atoms with Crippen LogP contribution < -0.4 is 0 Å². The molecular formula is C42H27N7. The zero-order valence-electron chi connectivity index (χ0n) is 26.2. The van der Waals surface area contributed by atoms with E-state index in [-0.39, 0.29) is 0 Å². The third-order valence-electron chi connectivity index (χ3n) is 9.21. The molecule has 7 heteroatoms. The average Bonchev–Trinajstić information content (AvgIpc) is 3.86. The Balaban J connectivity index is 1.17. The minimum Gasteiger partial charge on any atom is -0.309 e. The van der Waals surface area contributed by atoms with Crippen molar-refractivity contribution >= 4 is 43.9 Å². The van der Waals surface area contributed by atoms with Crippen LogP contribution in [0.15, 0.2) is 164 Å². The Morgan fingerprint density at radius 2 is 1.02 bits per heavy atom. The predicted molar refractivity (Wildman–Crippen MR) is 196 cm³/mol. The molecule has 5 heterocycles. The van der Waals surface area contributed by atoms with Crippen LogP contribution in [0.4, 0.5) is 0 Å². The molecule has 0 aliphatic heterocycles. The normalized spacial score (nSPS) is 11.7. The molecule has 0 atom stereocenters. The second kappa shape index (κ2) is 10.9. The monoisotopic (exact) mass is 629 g/mol. The predicted octanol–water partition coefficient (Wildman–Crippen LogP) is 9.59. The minimum absolute atomic E-state index is 0.688. The number of fused-ring (bicyclic) bond motifs is 6. The Kier molecular flexibility index (Phi) is 6.04. The maximum absolute atomic E-state index is 5.05. The summed E-state index contributed by atoms with van der Waals surface area (Å²) >= 11 is 0. The van der Waals surface area contributed by atoms with E-state index in [1.807, 2.05) is 77.7 Å². The summed E-state index contributed by atoms with van der Waals surface area (Å²) in [5.74, 6) is 1.48. The van der Waals surface area contributed by atoms with Gasteiger partial charge in [-0.15, -0.1) is 5.10 Å². The highest BCUT2D eigenvalue weighted by Gasteiger charge is 2.19. The van der Waals surface area contributed by atoms with E-state index >= 15 is 0 Å². The molecule has 0 amide bonds. The molecule has 0 spiro atoms. The Morgan fingerprint density at radius 3 is 1.76 bits per heavy atom. The standard InChI is InChI=1S/C42H27N7/c1-3-12-28(13-4-1)39-45-40(29-14-5-2-6-15-29)49(46-39)32-22-23-38-36(27-32)33-18-7-8-21-37(33)47(38)30-16-9-17-31(26-30)48-41-34(19-10-24-43-41)35-20-11-25-44-42(35)48/h1-27H. The van der Waals surface area contributed by atoms with Crippen LogP contribution in [0.3, 0.4) is 0 Å². The molecule has 0 aliphatic rings. The van der Waals surface area contributed by atoms with E-state index in [1.165, 1.54) is 0 Å². The maximum atomic E-state index is 5.05. The van der Waals surface area contributed by atoms with Crippen molar-refractivity contribution in [2.24, 2.45) is 0 Å². The molecule has 0 bridgehead atoms. The summed E-state index contributed by atoms with van der Waals surface area (Å²) in [6.07, 6.45) is 3.68. The van der Waals surface area contributed by atoms with Crippen LogP contribution in [-0.4, -0.2) is 33.9 Å². The van der Waals surface area contributed by atoms with Gasteiger partial charge in [0.2, 0.25) is 0 Å². The van der Waals surface area contributed by atoms with Crippen LogP contribution >= 0.6 is 0 Å². The summed E-state index contributed by atoms with van der Waals surface area (Å²) in [5, 5.41) is 9.51. The van der Waals surface area contributed by atoms with Crippen LogP contribution in [0.25, 0.3) is 83.7 Å². The molecule has 0 N–H and O–H groups in total. The van der Waals surface area contributed by atoms with Gasteiger partial charge in [-0.25, -0.2) is 19.6 Å². The van der Waals surface area contributed by atoms with Gasteiger partial charge in [-0.2, -0.15) is 0 Å². The molecule has 0 aliphatic carbocycles. The van der Waals surface area contributed by atoms with Crippen LogP contribution in [0, 0.1) is 0 Å². The van der Waals surface area contributed by atoms with Crippen molar-refractivity contribution in [1.29, 1.82) is 0 Å². The number of aromatic nitrogens is 7. The average molecular weight is 630 g/mol. The summed E-state index contributed by atoms with van der Waals surface area (Å²) in [6, 6.07) is 52.3. The van der Waals surface area contributed by atoms with Gasteiger partial charge in [-0.3, -0.25) is 4.57 Å².